The maximum Gasteiger partial charge on any atom is 0.166 e. The number of rotatable bonds is 4. The molecule has 0 fully saturated rings. The zero-order valence-electron chi connectivity index (χ0n) is 11.3. The predicted octanol–water partition coefficient (Wildman–Crippen LogP) is 4.05. The summed E-state index contributed by atoms with van der Waals surface area (Å²) in [6.07, 6.45) is 6.47. The molecule has 0 unspecified atom stereocenters. The van der Waals surface area contributed by atoms with Gasteiger partial charge in [-0.05, 0) is 18.2 Å². The summed E-state index contributed by atoms with van der Waals surface area (Å²) in [5, 5.41) is 2.93. The van der Waals surface area contributed by atoms with Gasteiger partial charge in [0, 0.05) is 17.8 Å². The zero-order chi connectivity index (χ0) is 13.9. The molecule has 0 aliphatic carbocycles. The number of aromatic nitrogens is 2. The second-order valence-electron chi connectivity index (χ2n) is 4.42. The zero-order valence-corrected chi connectivity index (χ0v) is 12.1. The molecule has 0 amide bonds. The number of nitrogens with zero attached hydrogens (tertiary/aromatic N) is 3. The monoisotopic (exact) mass is 303 g/mol. The smallest absolute Gasteiger partial charge is 0.166 e. The summed E-state index contributed by atoms with van der Waals surface area (Å²) in [5.74, 6) is -0.355. The fraction of sp³-hybridized carbons (Fsp3) is 0.0625. The Hall–Kier alpha value is -2.33. The van der Waals surface area contributed by atoms with Gasteiger partial charge in [0.15, 0.2) is 5.82 Å². The number of para-hydroxylation sites is 1. The average molecular weight is 304 g/mol. The lowest BCUT2D eigenvalue weighted by molar-refractivity contribution is 0.606. The highest BCUT2D eigenvalue weighted by molar-refractivity contribution is 5.85. The van der Waals surface area contributed by atoms with Crippen molar-refractivity contribution in [2.45, 2.75) is 0 Å². The molecule has 0 radical (unpaired) electrons. The molecule has 0 N–H and O–H groups in total. The first kappa shape index (κ1) is 15.1. The molecule has 3 nitrogen and oxygen atoms in total. The molecule has 3 aromatic rings. The third-order valence-electron chi connectivity index (χ3n) is 3.17. The van der Waals surface area contributed by atoms with Crippen LogP contribution in [0.25, 0.3) is 10.9 Å². The molecule has 0 aliphatic heterocycles. The highest BCUT2D eigenvalue weighted by atomic mass is 35.5. The molecule has 1 aromatic carbocycles. The molecule has 108 valence electrons. The molecule has 0 bridgehead atoms. The second-order valence-corrected chi connectivity index (χ2v) is 4.42. The van der Waals surface area contributed by atoms with Gasteiger partial charge in [0.25, 0.3) is 0 Å². The van der Waals surface area contributed by atoms with Gasteiger partial charge < -0.3 is 0 Å². The third kappa shape index (κ3) is 2.76. The van der Waals surface area contributed by atoms with Gasteiger partial charge in [-0.15, -0.1) is 19.0 Å². The van der Waals surface area contributed by atoms with Crippen molar-refractivity contribution in [3.8, 4) is 0 Å². The molecule has 0 atom stereocenters. The van der Waals surface area contributed by atoms with Gasteiger partial charge >= 0.3 is 0 Å². The minimum absolute atomic E-state index is 0. The molecule has 3 rings (SSSR count). The summed E-state index contributed by atoms with van der Waals surface area (Å²) in [6.45, 7) is 4.25. The van der Waals surface area contributed by atoms with E-state index in [2.05, 4.69) is 11.6 Å². The van der Waals surface area contributed by atoms with Crippen LogP contribution in [-0.2, 0) is 0 Å². The largest absolute Gasteiger partial charge is 0.274 e. The SMILES string of the molecule is C=CCN(c1ccncc1F)n1ccc2ccccc21.Cl. The Labute approximate surface area is 128 Å². The van der Waals surface area contributed by atoms with Crippen molar-refractivity contribution in [3.63, 3.8) is 0 Å². The Kier molecular flexibility index (Phi) is 4.60. The Morgan fingerprint density at radius 3 is 2.81 bits per heavy atom. The van der Waals surface area contributed by atoms with Crippen molar-refractivity contribution in [3.05, 3.63) is 73.5 Å². The van der Waals surface area contributed by atoms with Gasteiger partial charge in [0.05, 0.1) is 23.9 Å². The van der Waals surface area contributed by atoms with Gasteiger partial charge in [0.2, 0.25) is 0 Å². The molecular formula is C16H15ClFN3. The number of pyridine rings is 1. The minimum atomic E-state index is -0.355. The standard InChI is InChI=1S/C16H14FN3.ClH/c1-2-10-19(16-7-9-18-12-14(16)17)20-11-8-13-5-3-4-6-15(13)20;/h2-9,11-12H,1,10H2;1H. The van der Waals surface area contributed by atoms with Gasteiger partial charge in [-0.25, -0.2) is 4.39 Å². The van der Waals surface area contributed by atoms with Gasteiger partial charge in [-0.3, -0.25) is 14.7 Å². The van der Waals surface area contributed by atoms with E-state index in [1.165, 1.54) is 6.20 Å². The Balaban J connectivity index is 0.00000161. The first-order chi connectivity index (χ1) is 9.81. The molecule has 0 saturated carbocycles. The molecular weight excluding hydrogens is 289 g/mol. The van der Waals surface area contributed by atoms with E-state index < -0.39 is 0 Å². The van der Waals surface area contributed by atoms with Crippen molar-refractivity contribution in [1.29, 1.82) is 0 Å². The summed E-state index contributed by atoms with van der Waals surface area (Å²) >= 11 is 0. The second kappa shape index (κ2) is 6.41. The predicted molar refractivity (Wildman–Crippen MR) is 86.3 cm³/mol. The number of halogens is 2. The quantitative estimate of drug-likeness (QED) is 0.678. The third-order valence-corrected chi connectivity index (χ3v) is 3.17. The van der Waals surface area contributed by atoms with Crippen molar-refractivity contribution in [1.82, 2.24) is 9.66 Å². The van der Waals surface area contributed by atoms with Crippen LogP contribution in [0.2, 0.25) is 0 Å². The van der Waals surface area contributed by atoms with Gasteiger partial charge in [0.1, 0.15) is 0 Å². The normalized spacial score (nSPS) is 10.1. The molecule has 0 aliphatic rings. The van der Waals surface area contributed by atoms with Crippen molar-refractivity contribution < 1.29 is 4.39 Å². The van der Waals surface area contributed by atoms with Crippen LogP contribution < -0.4 is 5.01 Å². The molecule has 0 saturated heterocycles. The molecule has 2 aromatic heterocycles. The number of hydrogen-bond donors (Lipinski definition) is 0. The summed E-state index contributed by atoms with van der Waals surface area (Å²) in [5.41, 5.74) is 1.49. The number of hydrogen-bond acceptors (Lipinski definition) is 2. The van der Waals surface area contributed by atoms with E-state index in [9.17, 15) is 4.39 Å². The van der Waals surface area contributed by atoms with E-state index in [0.717, 1.165) is 10.9 Å². The topological polar surface area (TPSA) is 21.1 Å². The number of benzene rings is 1. The van der Waals surface area contributed by atoms with Crippen LogP contribution in [0.3, 0.4) is 0 Å². The minimum Gasteiger partial charge on any atom is -0.274 e. The van der Waals surface area contributed by atoms with E-state index >= 15 is 0 Å². The first-order valence-electron chi connectivity index (χ1n) is 6.35. The average Bonchev–Trinajstić information content (AvgIpc) is 2.90. The Bertz CT molecular complexity index is 754. The van der Waals surface area contributed by atoms with Crippen molar-refractivity contribution in [2.24, 2.45) is 0 Å². The van der Waals surface area contributed by atoms with Gasteiger partial charge in [-0.1, -0.05) is 24.3 Å². The van der Waals surface area contributed by atoms with E-state index in [-0.39, 0.29) is 18.2 Å². The lowest BCUT2D eigenvalue weighted by Gasteiger charge is -2.25. The lowest BCUT2D eigenvalue weighted by atomic mass is 10.2. The van der Waals surface area contributed by atoms with E-state index in [4.69, 9.17) is 0 Å². The highest BCUT2D eigenvalue weighted by Crippen LogP contribution is 2.23. The molecule has 2 heterocycles. The first-order valence-corrected chi connectivity index (χ1v) is 6.35. The lowest BCUT2D eigenvalue weighted by Crippen LogP contribution is -2.29. The summed E-state index contributed by atoms with van der Waals surface area (Å²) in [7, 11) is 0. The summed E-state index contributed by atoms with van der Waals surface area (Å²) in [4.78, 5) is 3.79. The summed E-state index contributed by atoms with van der Waals surface area (Å²) in [6, 6.07) is 11.6. The van der Waals surface area contributed by atoms with Gasteiger partial charge in [-0.2, -0.15) is 0 Å². The van der Waals surface area contributed by atoms with Crippen LogP contribution in [0.4, 0.5) is 10.1 Å². The summed E-state index contributed by atoms with van der Waals surface area (Å²) < 4.78 is 15.9. The highest BCUT2D eigenvalue weighted by Gasteiger charge is 2.13. The Morgan fingerprint density at radius 1 is 1.24 bits per heavy atom. The van der Waals surface area contributed by atoms with E-state index in [0.29, 0.717) is 12.2 Å². The maximum atomic E-state index is 14.0. The van der Waals surface area contributed by atoms with Crippen molar-refractivity contribution in [2.75, 3.05) is 11.6 Å². The Morgan fingerprint density at radius 2 is 2.05 bits per heavy atom. The van der Waals surface area contributed by atoms with Crippen LogP contribution in [0.15, 0.2) is 67.6 Å². The van der Waals surface area contributed by atoms with Crippen LogP contribution in [-0.4, -0.2) is 16.2 Å². The molecule has 21 heavy (non-hydrogen) atoms. The van der Waals surface area contributed by atoms with Crippen LogP contribution in [0.1, 0.15) is 0 Å². The van der Waals surface area contributed by atoms with E-state index in [1.807, 2.05) is 46.2 Å². The van der Waals surface area contributed by atoms with Crippen LogP contribution >= 0.6 is 12.4 Å². The molecule has 5 heteroatoms. The fourth-order valence-corrected chi connectivity index (χ4v) is 2.28. The maximum absolute atomic E-state index is 14.0. The molecule has 0 spiro atoms. The van der Waals surface area contributed by atoms with Crippen LogP contribution in [0.5, 0.6) is 0 Å². The fourth-order valence-electron chi connectivity index (χ4n) is 2.28. The van der Waals surface area contributed by atoms with Crippen LogP contribution in [0, 0.1) is 5.82 Å². The van der Waals surface area contributed by atoms with Crippen molar-refractivity contribution >= 4 is 29.0 Å². The van der Waals surface area contributed by atoms with E-state index in [1.54, 1.807) is 18.3 Å². The number of fused-ring (bicyclic) bond motifs is 1. The number of anilines is 1.